The highest BCUT2D eigenvalue weighted by atomic mass is 15.2. The van der Waals surface area contributed by atoms with Crippen molar-refractivity contribution in [3.63, 3.8) is 0 Å². The van der Waals surface area contributed by atoms with Crippen LogP contribution in [0.4, 0.5) is 5.69 Å². The van der Waals surface area contributed by atoms with Crippen LogP contribution >= 0.6 is 0 Å². The lowest BCUT2D eigenvalue weighted by atomic mass is 9.68. The summed E-state index contributed by atoms with van der Waals surface area (Å²) >= 11 is 0. The van der Waals surface area contributed by atoms with Gasteiger partial charge >= 0.3 is 0 Å². The van der Waals surface area contributed by atoms with E-state index in [2.05, 4.69) is 43.9 Å². The molecule has 1 aromatic carbocycles. The van der Waals surface area contributed by atoms with Gasteiger partial charge in [0, 0.05) is 24.8 Å². The smallest absolute Gasteiger partial charge is 0.0362 e. The molecule has 2 aliphatic rings. The summed E-state index contributed by atoms with van der Waals surface area (Å²) in [5, 5.41) is 0. The van der Waals surface area contributed by atoms with Crippen LogP contribution in [0.3, 0.4) is 0 Å². The lowest BCUT2D eigenvalue weighted by molar-refractivity contribution is 0.0334. The number of nitrogen functional groups attached to an aromatic ring is 1. The molecule has 1 aliphatic heterocycles. The summed E-state index contributed by atoms with van der Waals surface area (Å²) in [6.07, 6.45) is 6.72. The van der Waals surface area contributed by atoms with Crippen molar-refractivity contribution >= 4 is 5.69 Å². The van der Waals surface area contributed by atoms with Gasteiger partial charge in [0.25, 0.3) is 0 Å². The SMILES string of the molecule is CC(C)(C)C1CCCCC1N1CCc2cccc(N)c2C1. The molecule has 0 amide bonds. The van der Waals surface area contributed by atoms with Gasteiger partial charge < -0.3 is 5.73 Å². The van der Waals surface area contributed by atoms with Crippen molar-refractivity contribution in [2.24, 2.45) is 11.3 Å². The number of hydrogen-bond acceptors (Lipinski definition) is 2. The molecule has 0 aromatic heterocycles. The van der Waals surface area contributed by atoms with E-state index in [0.29, 0.717) is 5.41 Å². The minimum absolute atomic E-state index is 0.410. The monoisotopic (exact) mass is 286 g/mol. The minimum Gasteiger partial charge on any atom is -0.398 e. The number of fused-ring (bicyclic) bond motifs is 1. The molecule has 0 bridgehead atoms. The van der Waals surface area contributed by atoms with Gasteiger partial charge in [0.05, 0.1) is 0 Å². The normalized spacial score (nSPS) is 27.4. The first kappa shape index (κ1) is 14.9. The Morgan fingerprint density at radius 2 is 1.90 bits per heavy atom. The first-order valence-electron chi connectivity index (χ1n) is 8.57. The zero-order chi connectivity index (χ0) is 15.0. The van der Waals surface area contributed by atoms with Crippen molar-refractivity contribution in [2.75, 3.05) is 12.3 Å². The van der Waals surface area contributed by atoms with Crippen molar-refractivity contribution in [3.05, 3.63) is 29.3 Å². The summed E-state index contributed by atoms with van der Waals surface area (Å²) in [6, 6.07) is 7.16. The molecule has 0 spiro atoms. The van der Waals surface area contributed by atoms with E-state index in [0.717, 1.165) is 30.6 Å². The summed E-state index contributed by atoms with van der Waals surface area (Å²) in [7, 11) is 0. The molecule has 1 fully saturated rings. The average molecular weight is 286 g/mol. The second-order valence-corrected chi connectivity index (χ2v) is 8.03. The van der Waals surface area contributed by atoms with Gasteiger partial charge in [0.15, 0.2) is 0 Å². The quantitative estimate of drug-likeness (QED) is 0.783. The van der Waals surface area contributed by atoms with E-state index in [4.69, 9.17) is 5.73 Å². The van der Waals surface area contributed by atoms with Crippen LogP contribution in [0.25, 0.3) is 0 Å². The Bertz CT molecular complexity index is 501. The van der Waals surface area contributed by atoms with Crippen LogP contribution in [0.2, 0.25) is 0 Å². The second kappa shape index (κ2) is 5.64. The highest BCUT2D eigenvalue weighted by Gasteiger charge is 2.38. The Morgan fingerprint density at radius 3 is 2.67 bits per heavy atom. The number of nitrogens with two attached hydrogens (primary N) is 1. The average Bonchev–Trinajstić information content (AvgIpc) is 2.46. The topological polar surface area (TPSA) is 29.3 Å². The molecular weight excluding hydrogens is 256 g/mol. The molecule has 1 heterocycles. The van der Waals surface area contributed by atoms with Crippen LogP contribution in [0, 0.1) is 11.3 Å². The van der Waals surface area contributed by atoms with Crippen molar-refractivity contribution in [2.45, 2.75) is 65.5 Å². The standard InChI is InChI=1S/C19H30N2/c1-19(2,3)16-8-4-5-10-18(16)21-12-11-14-7-6-9-17(20)15(14)13-21/h6-7,9,16,18H,4-5,8,10-13,20H2,1-3H3. The molecule has 2 nitrogen and oxygen atoms in total. The fourth-order valence-electron chi connectivity index (χ4n) is 4.47. The highest BCUT2D eigenvalue weighted by Crippen LogP contribution is 2.41. The lowest BCUT2D eigenvalue weighted by Crippen LogP contribution is -2.48. The Balaban J connectivity index is 1.82. The van der Waals surface area contributed by atoms with Gasteiger partial charge in [-0.15, -0.1) is 0 Å². The summed E-state index contributed by atoms with van der Waals surface area (Å²) in [5.74, 6) is 0.817. The van der Waals surface area contributed by atoms with Crippen molar-refractivity contribution in [3.8, 4) is 0 Å². The van der Waals surface area contributed by atoms with E-state index in [1.165, 1.54) is 43.4 Å². The molecule has 0 radical (unpaired) electrons. The molecule has 1 aromatic rings. The molecule has 21 heavy (non-hydrogen) atoms. The highest BCUT2D eigenvalue weighted by molar-refractivity contribution is 5.51. The number of benzene rings is 1. The van der Waals surface area contributed by atoms with E-state index in [1.54, 1.807) is 0 Å². The van der Waals surface area contributed by atoms with E-state index in [-0.39, 0.29) is 0 Å². The van der Waals surface area contributed by atoms with Crippen LogP contribution < -0.4 is 5.73 Å². The maximum Gasteiger partial charge on any atom is 0.0362 e. The summed E-state index contributed by atoms with van der Waals surface area (Å²) < 4.78 is 0. The predicted molar refractivity (Wildman–Crippen MR) is 90.2 cm³/mol. The van der Waals surface area contributed by atoms with Gasteiger partial charge in [-0.3, -0.25) is 4.90 Å². The fourth-order valence-corrected chi connectivity index (χ4v) is 4.47. The number of rotatable bonds is 1. The first-order valence-corrected chi connectivity index (χ1v) is 8.57. The summed E-state index contributed by atoms with van der Waals surface area (Å²) in [6.45, 7) is 9.51. The molecule has 2 heteroatoms. The summed E-state index contributed by atoms with van der Waals surface area (Å²) in [4.78, 5) is 2.73. The third-order valence-corrected chi connectivity index (χ3v) is 5.65. The van der Waals surface area contributed by atoms with Gasteiger partial charge in [-0.2, -0.15) is 0 Å². The Labute approximate surface area is 129 Å². The van der Waals surface area contributed by atoms with Gasteiger partial charge in [0.2, 0.25) is 0 Å². The van der Waals surface area contributed by atoms with E-state index in [1.807, 2.05) is 0 Å². The molecular formula is C19H30N2. The molecule has 3 rings (SSSR count). The van der Waals surface area contributed by atoms with E-state index >= 15 is 0 Å². The lowest BCUT2D eigenvalue weighted by Gasteiger charge is -2.47. The molecule has 116 valence electrons. The Kier molecular flexibility index (Phi) is 4.00. The maximum atomic E-state index is 6.23. The van der Waals surface area contributed by atoms with Crippen molar-refractivity contribution in [1.29, 1.82) is 0 Å². The van der Waals surface area contributed by atoms with Gasteiger partial charge in [-0.25, -0.2) is 0 Å². The van der Waals surface area contributed by atoms with Crippen LogP contribution in [-0.2, 0) is 13.0 Å². The molecule has 0 saturated heterocycles. The second-order valence-electron chi connectivity index (χ2n) is 8.03. The summed E-state index contributed by atoms with van der Waals surface area (Å²) in [5.41, 5.74) is 10.5. The largest absolute Gasteiger partial charge is 0.398 e. The van der Waals surface area contributed by atoms with Crippen LogP contribution in [0.5, 0.6) is 0 Å². The van der Waals surface area contributed by atoms with Gasteiger partial charge in [-0.1, -0.05) is 45.7 Å². The fraction of sp³-hybridized carbons (Fsp3) is 0.684. The molecule has 2 N–H and O–H groups in total. The zero-order valence-corrected chi connectivity index (χ0v) is 13.9. The number of hydrogen-bond donors (Lipinski definition) is 1. The zero-order valence-electron chi connectivity index (χ0n) is 13.9. The minimum atomic E-state index is 0.410. The number of anilines is 1. The molecule has 1 saturated carbocycles. The maximum absolute atomic E-state index is 6.23. The molecule has 2 unspecified atom stereocenters. The Morgan fingerprint density at radius 1 is 1.14 bits per heavy atom. The Hall–Kier alpha value is -1.02. The predicted octanol–water partition coefficient (Wildman–Crippen LogP) is 4.23. The van der Waals surface area contributed by atoms with Crippen LogP contribution in [0.1, 0.15) is 57.6 Å². The third kappa shape index (κ3) is 2.96. The first-order chi connectivity index (χ1) is 9.97. The van der Waals surface area contributed by atoms with E-state index < -0.39 is 0 Å². The van der Waals surface area contributed by atoms with Crippen LogP contribution in [-0.4, -0.2) is 17.5 Å². The van der Waals surface area contributed by atoms with E-state index in [9.17, 15) is 0 Å². The van der Waals surface area contributed by atoms with Gasteiger partial charge in [0.1, 0.15) is 0 Å². The molecule has 1 aliphatic carbocycles. The van der Waals surface area contributed by atoms with Crippen molar-refractivity contribution < 1.29 is 0 Å². The number of nitrogens with zero attached hydrogens (tertiary/aromatic N) is 1. The van der Waals surface area contributed by atoms with Crippen molar-refractivity contribution in [1.82, 2.24) is 4.90 Å². The molecule has 2 atom stereocenters. The van der Waals surface area contributed by atoms with Crippen LogP contribution in [0.15, 0.2) is 18.2 Å². The van der Waals surface area contributed by atoms with Gasteiger partial charge in [-0.05, 0) is 47.8 Å². The third-order valence-electron chi connectivity index (χ3n) is 5.65.